The normalized spacial score (nSPS) is 17.4. The molecule has 0 saturated heterocycles. The van der Waals surface area contributed by atoms with Gasteiger partial charge in [-0.15, -0.1) is 12.4 Å². The number of hydrogen-bond donors (Lipinski definition) is 1. The number of rotatable bonds is 1. The molecule has 4 heteroatoms. The molecule has 0 fully saturated rings. The molecule has 0 spiro atoms. The third kappa shape index (κ3) is 2.80. The van der Waals surface area contributed by atoms with E-state index in [4.69, 9.17) is 9.47 Å². The van der Waals surface area contributed by atoms with Gasteiger partial charge in [-0.05, 0) is 32.0 Å². The van der Waals surface area contributed by atoms with Gasteiger partial charge in [-0.2, -0.15) is 0 Å². The van der Waals surface area contributed by atoms with Gasteiger partial charge in [-0.1, -0.05) is 0 Å². The monoisotopic (exact) mass is 243 g/mol. The van der Waals surface area contributed by atoms with Gasteiger partial charge in [0.15, 0.2) is 0 Å². The van der Waals surface area contributed by atoms with E-state index in [1.54, 1.807) is 7.11 Å². The Morgan fingerprint density at radius 1 is 1.38 bits per heavy atom. The van der Waals surface area contributed by atoms with E-state index in [1.165, 1.54) is 0 Å². The van der Waals surface area contributed by atoms with E-state index in [-0.39, 0.29) is 18.0 Å². The number of fused-ring (bicyclic) bond motifs is 1. The minimum atomic E-state index is -0.153. The van der Waals surface area contributed by atoms with Gasteiger partial charge in [0.05, 0.1) is 7.11 Å². The van der Waals surface area contributed by atoms with Crippen LogP contribution in [0.3, 0.4) is 0 Å². The molecule has 1 N–H and O–H groups in total. The average molecular weight is 244 g/mol. The molecular weight excluding hydrogens is 226 g/mol. The molecule has 1 aliphatic rings. The number of benzene rings is 1. The van der Waals surface area contributed by atoms with Crippen molar-refractivity contribution in [1.82, 2.24) is 5.32 Å². The summed E-state index contributed by atoms with van der Waals surface area (Å²) in [5, 5.41) is 3.36. The van der Waals surface area contributed by atoms with Gasteiger partial charge in [-0.25, -0.2) is 0 Å². The second-order valence-electron chi connectivity index (χ2n) is 4.44. The minimum Gasteiger partial charge on any atom is -0.497 e. The first-order valence-corrected chi connectivity index (χ1v) is 5.17. The molecule has 0 amide bonds. The molecule has 90 valence electrons. The van der Waals surface area contributed by atoms with Gasteiger partial charge >= 0.3 is 0 Å². The SMILES string of the molecule is COc1ccc2c(c1)CNCC(C)(C)O2.Cl. The maximum absolute atomic E-state index is 5.93. The second-order valence-corrected chi connectivity index (χ2v) is 4.44. The minimum absolute atomic E-state index is 0. The molecule has 2 rings (SSSR count). The van der Waals surface area contributed by atoms with Crippen molar-refractivity contribution in [3.05, 3.63) is 23.8 Å². The molecule has 0 radical (unpaired) electrons. The molecular formula is C12H18ClNO2. The van der Waals surface area contributed by atoms with Crippen LogP contribution in [0.1, 0.15) is 19.4 Å². The highest BCUT2D eigenvalue weighted by atomic mass is 35.5. The molecule has 3 nitrogen and oxygen atoms in total. The van der Waals surface area contributed by atoms with Crippen molar-refractivity contribution in [2.24, 2.45) is 0 Å². The van der Waals surface area contributed by atoms with Crippen molar-refractivity contribution in [2.75, 3.05) is 13.7 Å². The zero-order chi connectivity index (χ0) is 10.9. The van der Waals surface area contributed by atoms with Crippen LogP contribution in [-0.4, -0.2) is 19.3 Å². The Hall–Kier alpha value is -0.930. The maximum Gasteiger partial charge on any atom is 0.124 e. The Kier molecular flexibility index (Phi) is 4.05. The second kappa shape index (κ2) is 4.93. The summed E-state index contributed by atoms with van der Waals surface area (Å²) >= 11 is 0. The van der Waals surface area contributed by atoms with Crippen LogP contribution in [0.15, 0.2) is 18.2 Å². The highest BCUT2D eigenvalue weighted by Crippen LogP contribution is 2.29. The van der Waals surface area contributed by atoms with Crippen LogP contribution in [-0.2, 0) is 6.54 Å². The topological polar surface area (TPSA) is 30.5 Å². The third-order valence-corrected chi connectivity index (χ3v) is 2.52. The summed E-state index contributed by atoms with van der Waals surface area (Å²) < 4.78 is 11.1. The molecule has 1 heterocycles. The van der Waals surface area contributed by atoms with Crippen molar-refractivity contribution < 1.29 is 9.47 Å². The Bertz CT molecular complexity index is 366. The van der Waals surface area contributed by atoms with E-state index in [9.17, 15) is 0 Å². The lowest BCUT2D eigenvalue weighted by atomic mass is 10.1. The van der Waals surface area contributed by atoms with Crippen LogP contribution >= 0.6 is 12.4 Å². The Labute approximate surface area is 103 Å². The first-order chi connectivity index (χ1) is 7.11. The highest BCUT2D eigenvalue weighted by molar-refractivity contribution is 5.85. The molecule has 0 atom stereocenters. The van der Waals surface area contributed by atoms with Crippen LogP contribution in [0.2, 0.25) is 0 Å². The molecule has 0 bridgehead atoms. The van der Waals surface area contributed by atoms with Crippen molar-refractivity contribution in [3.8, 4) is 11.5 Å². The summed E-state index contributed by atoms with van der Waals surface area (Å²) in [6.45, 7) is 5.85. The first kappa shape index (κ1) is 13.1. The van der Waals surface area contributed by atoms with Gasteiger partial charge in [0.25, 0.3) is 0 Å². The van der Waals surface area contributed by atoms with E-state index < -0.39 is 0 Å². The lowest BCUT2D eigenvalue weighted by Gasteiger charge is -2.24. The zero-order valence-electron chi connectivity index (χ0n) is 9.87. The number of hydrogen-bond acceptors (Lipinski definition) is 3. The number of nitrogens with one attached hydrogen (secondary N) is 1. The van der Waals surface area contributed by atoms with E-state index in [2.05, 4.69) is 19.2 Å². The van der Waals surface area contributed by atoms with Gasteiger partial charge in [0.2, 0.25) is 0 Å². The molecule has 1 aliphatic heterocycles. The predicted octanol–water partition coefficient (Wildman–Crippen LogP) is 2.38. The van der Waals surface area contributed by atoms with Crippen LogP contribution in [0.25, 0.3) is 0 Å². The quantitative estimate of drug-likeness (QED) is 0.822. The summed E-state index contributed by atoms with van der Waals surface area (Å²) in [7, 11) is 1.68. The van der Waals surface area contributed by atoms with Crippen molar-refractivity contribution in [1.29, 1.82) is 0 Å². The summed E-state index contributed by atoms with van der Waals surface area (Å²) in [5.74, 6) is 1.82. The maximum atomic E-state index is 5.93. The number of methoxy groups -OCH3 is 1. The fraction of sp³-hybridized carbons (Fsp3) is 0.500. The van der Waals surface area contributed by atoms with E-state index in [0.717, 1.165) is 30.2 Å². The van der Waals surface area contributed by atoms with Crippen molar-refractivity contribution in [3.63, 3.8) is 0 Å². The standard InChI is InChI=1S/C12H17NO2.ClH/c1-12(2)8-13-7-9-6-10(14-3)4-5-11(9)15-12;/h4-6,13H,7-8H2,1-3H3;1H. The highest BCUT2D eigenvalue weighted by Gasteiger charge is 2.24. The summed E-state index contributed by atoms with van der Waals surface area (Å²) in [6.07, 6.45) is 0. The van der Waals surface area contributed by atoms with Crippen molar-refractivity contribution >= 4 is 12.4 Å². The number of halogens is 1. The van der Waals surface area contributed by atoms with Gasteiger partial charge in [0, 0.05) is 18.7 Å². The molecule has 0 saturated carbocycles. The predicted molar refractivity (Wildman–Crippen MR) is 66.7 cm³/mol. The molecule has 1 aromatic rings. The fourth-order valence-electron chi connectivity index (χ4n) is 1.75. The van der Waals surface area contributed by atoms with E-state index in [0.29, 0.717) is 0 Å². The van der Waals surface area contributed by atoms with Crippen LogP contribution in [0, 0.1) is 0 Å². The summed E-state index contributed by atoms with van der Waals surface area (Å²) in [6, 6.07) is 5.92. The fourth-order valence-corrected chi connectivity index (χ4v) is 1.75. The largest absolute Gasteiger partial charge is 0.497 e. The number of ether oxygens (including phenoxy) is 2. The smallest absolute Gasteiger partial charge is 0.124 e. The Morgan fingerprint density at radius 3 is 2.81 bits per heavy atom. The summed E-state index contributed by atoms with van der Waals surface area (Å²) in [5.41, 5.74) is 1.000. The molecule has 1 aromatic carbocycles. The van der Waals surface area contributed by atoms with Gasteiger partial charge in [-0.3, -0.25) is 0 Å². The zero-order valence-corrected chi connectivity index (χ0v) is 10.7. The molecule has 0 aromatic heterocycles. The lowest BCUT2D eigenvalue weighted by molar-refractivity contribution is 0.115. The third-order valence-electron chi connectivity index (χ3n) is 2.52. The average Bonchev–Trinajstić information content (AvgIpc) is 2.33. The van der Waals surface area contributed by atoms with Crippen LogP contribution in [0.5, 0.6) is 11.5 Å². The van der Waals surface area contributed by atoms with Crippen LogP contribution in [0.4, 0.5) is 0 Å². The first-order valence-electron chi connectivity index (χ1n) is 5.17. The molecule has 16 heavy (non-hydrogen) atoms. The van der Waals surface area contributed by atoms with E-state index >= 15 is 0 Å². The Balaban J connectivity index is 0.00000128. The van der Waals surface area contributed by atoms with Crippen LogP contribution < -0.4 is 14.8 Å². The van der Waals surface area contributed by atoms with Crippen molar-refractivity contribution in [2.45, 2.75) is 26.0 Å². The molecule has 0 unspecified atom stereocenters. The van der Waals surface area contributed by atoms with Gasteiger partial charge in [0.1, 0.15) is 17.1 Å². The lowest BCUT2D eigenvalue weighted by Crippen LogP contribution is -2.37. The van der Waals surface area contributed by atoms with E-state index in [1.807, 2.05) is 18.2 Å². The Morgan fingerprint density at radius 2 is 2.12 bits per heavy atom. The van der Waals surface area contributed by atoms with Gasteiger partial charge < -0.3 is 14.8 Å². The molecule has 0 aliphatic carbocycles. The summed E-state index contributed by atoms with van der Waals surface area (Å²) in [4.78, 5) is 0.